The number of aromatic amines is 1. The Morgan fingerprint density at radius 3 is 3.05 bits per heavy atom. The van der Waals surface area contributed by atoms with Crippen LogP contribution in [-0.4, -0.2) is 22.1 Å². The van der Waals surface area contributed by atoms with E-state index in [0.717, 1.165) is 16.5 Å². The maximum atomic E-state index is 11.9. The minimum absolute atomic E-state index is 0.288. The van der Waals surface area contributed by atoms with Crippen LogP contribution in [-0.2, 0) is 11.2 Å². The number of nitrogens with one attached hydrogen (secondary N) is 2. The number of hydrogen-bond donors (Lipinski definition) is 3. The summed E-state index contributed by atoms with van der Waals surface area (Å²) in [5.41, 5.74) is 7.98. The van der Waals surface area contributed by atoms with Crippen LogP contribution in [0.3, 0.4) is 0 Å². The van der Waals surface area contributed by atoms with Gasteiger partial charge in [-0.15, -0.1) is 0 Å². The predicted octanol–water partition coefficient (Wildman–Crippen LogP) is 1.66. The molecule has 0 fully saturated rings. The quantitative estimate of drug-likeness (QED) is 0.671. The average molecular weight is 270 g/mol. The van der Waals surface area contributed by atoms with E-state index in [1.54, 1.807) is 6.07 Å². The maximum absolute atomic E-state index is 11.9. The molecule has 3 aromatic rings. The number of benzene rings is 1. The highest BCUT2D eigenvalue weighted by Crippen LogP contribution is 2.19. The second kappa shape index (κ2) is 5.18. The molecular formula is C14H14N4O2. The highest BCUT2D eigenvalue weighted by Gasteiger charge is 2.17. The first-order valence-electron chi connectivity index (χ1n) is 6.26. The molecule has 20 heavy (non-hydrogen) atoms. The van der Waals surface area contributed by atoms with Crippen molar-refractivity contribution >= 4 is 22.6 Å². The molecule has 6 heteroatoms. The fourth-order valence-corrected chi connectivity index (χ4v) is 2.13. The number of para-hydroxylation sites is 1. The van der Waals surface area contributed by atoms with Gasteiger partial charge in [0.15, 0.2) is 5.82 Å². The zero-order chi connectivity index (χ0) is 13.9. The summed E-state index contributed by atoms with van der Waals surface area (Å²) in [5, 5.41) is 7.30. The summed E-state index contributed by atoms with van der Waals surface area (Å²) in [7, 11) is 0. The van der Waals surface area contributed by atoms with E-state index in [9.17, 15) is 4.79 Å². The third kappa shape index (κ3) is 2.41. The van der Waals surface area contributed by atoms with Gasteiger partial charge in [0.05, 0.1) is 6.04 Å². The molecular weight excluding hydrogens is 256 g/mol. The SMILES string of the molecule is NC(Cc1c[nH]c2ccccc12)C(=O)Nc1ccon1. The standard InChI is InChI=1S/C14H14N4O2/c15-11(14(19)17-13-5-6-20-18-13)7-9-8-16-12-4-2-1-3-10(9)12/h1-6,8,11,16H,7,15H2,(H,17,18,19). The van der Waals surface area contributed by atoms with Gasteiger partial charge in [-0.1, -0.05) is 23.4 Å². The number of anilines is 1. The molecule has 1 atom stereocenters. The minimum atomic E-state index is -0.647. The van der Waals surface area contributed by atoms with Crippen LogP contribution in [0, 0.1) is 0 Å². The molecule has 1 amide bonds. The number of fused-ring (bicyclic) bond motifs is 1. The second-order valence-corrected chi connectivity index (χ2v) is 4.54. The van der Waals surface area contributed by atoms with Gasteiger partial charge in [0, 0.05) is 23.2 Å². The average Bonchev–Trinajstić information content (AvgIpc) is 3.09. The lowest BCUT2D eigenvalue weighted by Crippen LogP contribution is -2.37. The van der Waals surface area contributed by atoms with Crippen LogP contribution in [0.25, 0.3) is 10.9 Å². The zero-order valence-electron chi connectivity index (χ0n) is 10.7. The van der Waals surface area contributed by atoms with Crippen LogP contribution in [0.4, 0.5) is 5.82 Å². The van der Waals surface area contributed by atoms with Gasteiger partial charge < -0.3 is 20.6 Å². The Bertz CT molecular complexity index is 718. The van der Waals surface area contributed by atoms with Gasteiger partial charge in [0.1, 0.15) is 6.26 Å². The van der Waals surface area contributed by atoms with Gasteiger partial charge in [0.2, 0.25) is 5.91 Å². The first-order valence-corrected chi connectivity index (χ1v) is 6.26. The smallest absolute Gasteiger partial charge is 0.242 e. The summed E-state index contributed by atoms with van der Waals surface area (Å²) in [5.74, 6) is 0.0774. The number of carbonyl (C=O) groups excluding carboxylic acids is 1. The van der Waals surface area contributed by atoms with Crippen LogP contribution in [0.1, 0.15) is 5.56 Å². The molecule has 1 unspecified atom stereocenters. The third-order valence-electron chi connectivity index (χ3n) is 3.14. The minimum Gasteiger partial charge on any atom is -0.363 e. The van der Waals surface area contributed by atoms with Crippen molar-refractivity contribution in [2.24, 2.45) is 5.73 Å². The molecule has 4 N–H and O–H groups in total. The molecule has 0 aliphatic heterocycles. The van der Waals surface area contributed by atoms with E-state index in [2.05, 4.69) is 20.0 Å². The highest BCUT2D eigenvalue weighted by molar-refractivity contribution is 5.94. The van der Waals surface area contributed by atoms with E-state index in [1.807, 2.05) is 30.5 Å². The van der Waals surface area contributed by atoms with Gasteiger partial charge in [0.25, 0.3) is 0 Å². The summed E-state index contributed by atoms with van der Waals surface area (Å²) in [6, 6.07) is 8.82. The molecule has 0 saturated carbocycles. The summed E-state index contributed by atoms with van der Waals surface area (Å²) in [6.07, 6.45) is 3.72. The molecule has 2 aromatic heterocycles. The van der Waals surface area contributed by atoms with Gasteiger partial charge in [-0.25, -0.2) is 0 Å². The van der Waals surface area contributed by atoms with Crippen LogP contribution >= 0.6 is 0 Å². The first kappa shape index (κ1) is 12.4. The van der Waals surface area contributed by atoms with E-state index in [1.165, 1.54) is 6.26 Å². The van der Waals surface area contributed by atoms with Crippen molar-refractivity contribution in [2.45, 2.75) is 12.5 Å². The van der Waals surface area contributed by atoms with Crippen LogP contribution in [0.2, 0.25) is 0 Å². The number of amides is 1. The van der Waals surface area contributed by atoms with Crippen molar-refractivity contribution in [3.63, 3.8) is 0 Å². The number of rotatable bonds is 4. The molecule has 0 radical (unpaired) electrons. The summed E-state index contributed by atoms with van der Waals surface area (Å²) < 4.78 is 4.65. The van der Waals surface area contributed by atoms with Gasteiger partial charge in [-0.2, -0.15) is 0 Å². The Morgan fingerprint density at radius 1 is 1.40 bits per heavy atom. The molecule has 0 saturated heterocycles. The highest BCUT2D eigenvalue weighted by atomic mass is 16.5. The van der Waals surface area contributed by atoms with Crippen LogP contribution in [0.15, 0.2) is 47.3 Å². The normalized spacial score (nSPS) is 12.4. The Kier molecular flexibility index (Phi) is 3.22. The third-order valence-corrected chi connectivity index (χ3v) is 3.14. The van der Waals surface area contributed by atoms with Crippen LogP contribution < -0.4 is 11.1 Å². The van der Waals surface area contributed by atoms with Crippen LogP contribution in [0.5, 0.6) is 0 Å². The topological polar surface area (TPSA) is 96.9 Å². The van der Waals surface area contributed by atoms with Gasteiger partial charge in [-0.3, -0.25) is 4.79 Å². The monoisotopic (exact) mass is 270 g/mol. The van der Waals surface area contributed by atoms with Crippen molar-refractivity contribution in [3.05, 3.63) is 48.4 Å². The lowest BCUT2D eigenvalue weighted by Gasteiger charge is -2.09. The number of nitrogens with zero attached hydrogens (tertiary/aromatic N) is 1. The molecule has 0 spiro atoms. The fourth-order valence-electron chi connectivity index (χ4n) is 2.13. The fraction of sp³-hybridized carbons (Fsp3) is 0.143. The summed E-state index contributed by atoms with van der Waals surface area (Å²) >= 11 is 0. The predicted molar refractivity (Wildman–Crippen MR) is 75.1 cm³/mol. The van der Waals surface area contributed by atoms with E-state index in [4.69, 9.17) is 5.73 Å². The molecule has 2 heterocycles. The zero-order valence-corrected chi connectivity index (χ0v) is 10.7. The van der Waals surface area contributed by atoms with E-state index < -0.39 is 6.04 Å². The lowest BCUT2D eigenvalue weighted by molar-refractivity contribution is -0.117. The van der Waals surface area contributed by atoms with Gasteiger partial charge >= 0.3 is 0 Å². The molecule has 6 nitrogen and oxygen atoms in total. The molecule has 0 bridgehead atoms. The number of hydrogen-bond acceptors (Lipinski definition) is 4. The lowest BCUT2D eigenvalue weighted by atomic mass is 10.1. The van der Waals surface area contributed by atoms with Crippen molar-refractivity contribution in [1.29, 1.82) is 0 Å². The van der Waals surface area contributed by atoms with Crippen molar-refractivity contribution in [1.82, 2.24) is 10.1 Å². The first-order chi connectivity index (χ1) is 9.74. The van der Waals surface area contributed by atoms with E-state index >= 15 is 0 Å². The van der Waals surface area contributed by atoms with Crippen molar-refractivity contribution in [3.8, 4) is 0 Å². The van der Waals surface area contributed by atoms with Crippen molar-refractivity contribution < 1.29 is 9.32 Å². The molecule has 1 aromatic carbocycles. The van der Waals surface area contributed by atoms with E-state index in [-0.39, 0.29) is 5.91 Å². The molecule has 3 rings (SSSR count). The number of H-pyrrole nitrogens is 1. The van der Waals surface area contributed by atoms with Crippen molar-refractivity contribution in [2.75, 3.05) is 5.32 Å². The largest absolute Gasteiger partial charge is 0.363 e. The molecule has 0 aliphatic rings. The number of carbonyl (C=O) groups is 1. The summed E-state index contributed by atoms with van der Waals surface area (Å²) in [4.78, 5) is 15.1. The number of nitrogens with two attached hydrogens (primary N) is 1. The Labute approximate surface area is 114 Å². The molecule has 102 valence electrons. The second-order valence-electron chi connectivity index (χ2n) is 4.54. The molecule has 0 aliphatic carbocycles. The van der Waals surface area contributed by atoms with Gasteiger partial charge in [-0.05, 0) is 18.1 Å². The number of aromatic nitrogens is 2. The summed E-state index contributed by atoms with van der Waals surface area (Å²) in [6.45, 7) is 0. The Hall–Kier alpha value is -2.60. The maximum Gasteiger partial charge on any atom is 0.242 e. The Balaban J connectivity index is 1.72. The van der Waals surface area contributed by atoms with E-state index in [0.29, 0.717) is 12.2 Å². The Morgan fingerprint density at radius 2 is 2.25 bits per heavy atom.